The maximum absolute atomic E-state index is 12.6. The maximum atomic E-state index is 12.6. The number of hydrogen-bond acceptors (Lipinski definition) is 4. The lowest BCUT2D eigenvalue weighted by atomic mass is 10.1. The van der Waals surface area contributed by atoms with E-state index in [1.165, 1.54) is 0 Å². The Kier molecular flexibility index (Phi) is 6.86. The van der Waals surface area contributed by atoms with Gasteiger partial charge in [0, 0.05) is 26.3 Å². The van der Waals surface area contributed by atoms with E-state index in [-0.39, 0.29) is 22.5 Å². The van der Waals surface area contributed by atoms with Gasteiger partial charge in [0.15, 0.2) is 11.2 Å². The number of nitrogens with zero attached hydrogens (tertiary/aromatic N) is 2. The van der Waals surface area contributed by atoms with Crippen LogP contribution in [0.5, 0.6) is 0 Å². The van der Waals surface area contributed by atoms with Gasteiger partial charge in [0.25, 0.3) is 5.91 Å². The van der Waals surface area contributed by atoms with Crippen molar-refractivity contribution in [3.05, 3.63) is 40.1 Å². The van der Waals surface area contributed by atoms with Crippen LogP contribution in [0, 0.1) is 0 Å². The highest BCUT2D eigenvalue weighted by Gasteiger charge is 2.39. The molecule has 1 heterocycles. The molecule has 9 heteroatoms. The van der Waals surface area contributed by atoms with Crippen molar-refractivity contribution < 1.29 is 9.59 Å². The fraction of sp³-hybridized carbons (Fsp3) is 0.353. The highest BCUT2D eigenvalue weighted by molar-refractivity contribution is 7.80. The summed E-state index contributed by atoms with van der Waals surface area (Å²) in [5.41, 5.74) is 0.764. The smallest absolute Gasteiger partial charge is 0.253 e. The van der Waals surface area contributed by atoms with Crippen molar-refractivity contribution in [1.29, 1.82) is 0 Å². The van der Waals surface area contributed by atoms with Gasteiger partial charge < -0.3 is 20.4 Å². The highest BCUT2D eigenvalue weighted by atomic mass is 35.5. The third-order valence-corrected chi connectivity index (χ3v) is 5.03. The molecule has 1 aromatic carbocycles. The van der Waals surface area contributed by atoms with Crippen LogP contribution in [0.1, 0.15) is 13.8 Å². The van der Waals surface area contributed by atoms with Crippen LogP contribution in [-0.2, 0) is 9.59 Å². The van der Waals surface area contributed by atoms with Gasteiger partial charge >= 0.3 is 0 Å². The molecule has 2 rings (SSSR count). The largest absolute Gasteiger partial charge is 0.360 e. The number of likely N-dealkylation sites (N-methyl/N-ethyl adjacent to an activating group) is 2. The first-order valence-electron chi connectivity index (χ1n) is 8.08. The molecule has 0 fully saturated rings. The Balaban J connectivity index is 2.07. The number of amides is 1. The molecule has 2 N–H and O–H groups in total. The Hall–Kier alpha value is -1.83. The average molecular weight is 415 g/mol. The van der Waals surface area contributed by atoms with Gasteiger partial charge in [-0.2, -0.15) is 0 Å². The van der Waals surface area contributed by atoms with Crippen LogP contribution in [0.2, 0.25) is 10.0 Å². The molecule has 1 amide bonds. The minimum atomic E-state index is -0.880. The standard InChI is InChI=1S/C17H20Cl2N4O2S/c1-4-23(5-2)16(25)14-15(24)12(9-22(14)3)21-17(26)20-11-8-6-7-10(18)13(11)19/h6-9,14H,4-5H2,1-3H3,(H2,20,21,26). The van der Waals surface area contributed by atoms with Gasteiger partial charge in [-0.05, 0) is 38.2 Å². The number of thiocarbonyl (C=S) groups is 1. The number of rotatable bonds is 5. The number of hydrogen-bond donors (Lipinski definition) is 2. The Morgan fingerprint density at radius 3 is 2.54 bits per heavy atom. The average Bonchev–Trinajstić information content (AvgIpc) is 2.86. The van der Waals surface area contributed by atoms with Gasteiger partial charge in [-0.25, -0.2) is 0 Å². The molecule has 0 aliphatic carbocycles. The normalized spacial score (nSPS) is 16.3. The molecule has 1 aliphatic rings. The van der Waals surface area contributed by atoms with E-state index in [0.29, 0.717) is 28.8 Å². The van der Waals surface area contributed by atoms with E-state index < -0.39 is 6.04 Å². The Morgan fingerprint density at radius 1 is 1.27 bits per heavy atom. The van der Waals surface area contributed by atoms with E-state index in [0.717, 1.165) is 0 Å². The third kappa shape index (κ3) is 4.28. The molecule has 1 aliphatic heterocycles. The maximum Gasteiger partial charge on any atom is 0.253 e. The number of Topliss-reactive ketones (excluding diaryl/α,β-unsaturated/α-hetero) is 1. The van der Waals surface area contributed by atoms with Gasteiger partial charge in [0.1, 0.15) is 5.70 Å². The lowest BCUT2D eigenvalue weighted by Gasteiger charge is -2.26. The molecule has 1 unspecified atom stereocenters. The summed E-state index contributed by atoms with van der Waals surface area (Å²) >= 11 is 17.3. The molecule has 26 heavy (non-hydrogen) atoms. The van der Waals surface area contributed by atoms with Crippen LogP contribution in [0.4, 0.5) is 5.69 Å². The van der Waals surface area contributed by atoms with E-state index in [2.05, 4.69) is 10.6 Å². The van der Waals surface area contributed by atoms with Crippen molar-refractivity contribution in [3.63, 3.8) is 0 Å². The molecule has 6 nitrogen and oxygen atoms in total. The zero-order chi connectivity index (χ0) is 19.4. The van der Waals surface area contributed by atoms with Crippen LogP contribution in [0.15, 0.2) is 30.1 Å². The predicted molar refractivity (Wildman–Crippen MR) is 108 cm³/mol. The number of nitrogens with one attached hydrogen (secondary N) is 2. The molecule has 1 aromatic rings. The third-order valence-electron chi connectivity index (χ3n) is 4.01. The zero-order valence-corrected chi connectivity index (χ0v) is 17.0. The lowest BCUT2D eigenvalue weighted by molar-refractivity contribution is -0.139. The summed E-state index contributed by atoms with van der Waals surface area (Å²) in [5.74, 6) is -0.557. The quantitative estimate of drug-likeness (QED) is 0.570. The van der Waals surface area contributed by atoms with Crippen LogP contribution in [0.3, 0.4) is 0 Å². The molecule has 140 valence electrons. The van der Waals surface area contributed by atoms with Crippen LogP contribution in [-0.4, -0.2) is 52.8 Å². The van der Waals surface area contributed by atoms with E-state index in [9.17, 15) is 9.59 Å². The molecule has 0 saturated carbocycles. The number of halogens is 2. The second-order valence-corrected chi connectivity index (χ2v) is 6.86. The summed E-state index contributed by atoms with van der Waals surface area (Å²) in [5, 5.41) is 6.63. The number of benzene rings is 1. The molecule has 1 atom stereocenters. The zero-order valence-electron chi connectivity index (χ0n) is 14.7. The van der Waals surface area contributed by atoms with Gasteiger partial charge in [-0.1, -0.05) is 29.3 Å². The molecule has 0 aromatic heterocycles. The van der Waals surface area contributed by atoms with Crippen molar-refractivity contribution in [2.45, 2.75) is 19.9 Å². The predicted octanol–water partition coefficient (Wildman–Crippen LogP) is 2.87. The lowest BCUT2D eigenvalue weighted by Crippen LogP contribution is -2.48. The summed E-state index contributed by atoms with van der Waals surface area (Å²) in [6.07, 6.45) is 1.57. The van der Waals surface area contributed by atoms with Gasteiger partial charge in [0.2, 0.25) is 5.78 Å². The van der Waals surface area contributed by atoms with Gasteiger partial charge in [-0.15, -0.1) is 0 Å². The fourth-order valence-corrected chi connectivity index (χ4v) is 3.21. The number of anilines is 1. The van der Waals surface area contributed by atoms with Crippen molar-refractivity contribution in [3.8, 4) is 0 Å². The van der Waals surface area contributed by atoms with E-state index in [1.807, 2.05) is 13.8 Å². The topological polar surface area (TPSA) is 64.7 Å². The minimum absolute atomic E-state index is 0.179. The number of ketones is 1. The summed E-state index contributed by atoms with van der Waals surface area (Å²) in [4.78, 5) is 28.4. The first-order valence-corrected chi connectivity index (χ1v) is 9.25. The summed E-state index contributed by atoms with van der Waals surface area (Å²) in [6.45, 7) is 4.84. The summed E-state index contributed by atoms with van der Waals surface area (Å²) < 4.78 is 0. The number of carbonyl (C=O) groups is 2. The molecule has 0 radical (unpaired) electrons. The molecule has 0 spiro atoms. The molecule has 0 bridgehead atoms. The van der Waals surface area contributed by atoms with Crippen molar-refractivity contribution >= 4 is 57.9 Å². The number of carbonyl (C=O) groups excluding carboxylic acids is 2. The van der Waals surface area contributed by atoms with Crippen LogP contribution < -0.4 is 10.6 Å². The van der Waals surface area contributed by atoms with Crippen LogP contribution >= 0.6 is 35.4 Å². The Labute approximate surface area is 168 Å². The van der Waals surface area contributed by atoms with Crippen molar-refractivity contribution in [2.24, 2.45) is 0 Å². The molecular weight excluding hydrogens is 395 g/mol. The minimum Gasteiger partial charge on any atom is -0.360 e. The Morgan fingerprint density at radius 2 is 1.92 bits per heavy atom. The first-order chi connectivity index (χ1) is 12.3. The second-order valence-electron chi connectivity index (χ2n) is 5.67. The van der Waals surface area contributed by atoms with Crippen molar-refractivity contribution in [2.75, 3.05) is 25.5 Å². The Bertz CT molecular complexity index is 765. The van der Waals surface area contributed by atoms with E-state index >= 15 is 0 Å². The van der Waals surface area contributed by atoms with Crippen molar-refractivity contribution in [1.82, 2.24) is 15.1 Å². The van der Waals surface area contributed by atoms with Gasteiger partial charge in [-0.3, -0.25) is 9.59 Å². The second kappa shape index (κ2) is 8.70. The van der Waals surface area contributed by atoms with E-state index in [4.69, 9.17) is 35.4 Å². The highest BCUT2D eigenvalue weighted by Crippen LogP contribution is 2.29. The van der Waals surface area contributed by atoms with Gasteiger partial charge in [0.05, 0.1) is 15.7 Å². The van der Waals surface area contributed by atoms with Crippen LogP contribution in [0.25, 0.3) is 0 Å². The first kappa shape index (κ1) is 20.5. The van der Waals surface area contributed by atoms with E-state index in [1.54, 1.807) is 41.2 Å². The summed E-state index contributed by atoms with van der Waals surface area (Å²) in [7, 11) is 1.68. The monoisotopic (exact) mass is 414 g/mol. The summed E-state index contributed by atoms with van der Waals surface area (Å²) in [6, 6.07) is 4.22. The molecule has 0 saturated heterocycles. The SMILES string of the molecule is CCN(CC)C(=O)C1C(=O)C(NC(=S)Nc2cccc(Cl)c2Cl)=CN1C. The fourth-order valence-electron chi connectivity index (χ4n) is 2.64. The molecular formula is C17H20Cl2N4O2S.